The number of rotatable bonds is 5. The molecule has 1 aliphatic rings. The Hall–Kier alpha value is -0.590. The van der Waals surface area contributed by atoms with Crippen LogP contribution in [0.2, 0.25) is 10.0 Å². The van der Waals surface area contributed by atoms with Gasteiger partial charge in [0.2, 0.25) is 10.0 Å². The average Bonchev–Trinajstić information content (AvgIpc) is 3.15. The van der Waals surface area contributed by atoms with Crippen molar-refractivity contribution in [3.63, 3.8) is 0 Å². The third-order valence-electron chi connectivity index (χ3n) is 3.34. The Bertz CT molecular complexity index is 740. The van der Waals surface area contributed by atoms with Crippen LogP contribution >= 0.6 is 34.5 Å². The van der Waals surface area contributed by atoms with Crippen molar-refractivity contribution < 1.29 is 8.42 Å². The van der Waals surface area contributed by atoms with Crippen LogP contribution in [0.15, 0.2) is 40.6 Å². The Balaban J connectivity index is 1.95. The minimum Gasteiger partial charge on any atom is -0.207 e. The Morgan fingerprint density at radius 1 is 1.19 bits per heavy atom. The van der Waals surface area contributed by atoms with Crippen LogP contribution < -0.4 is 0 Å². The summed E-state index contributed by atoms with van der Waals surface area (Å²) in [6, 6.07) is 8.41. The van der Waals surface area contributed by atoms with Crippen molar-refractivity contribution in [2.45, 2.75) is 30.3 Å². The Kier molecular flexibility index (Phi) is 4.30. The Labute approximate surface area is 138 Å². The van der Waals surface area contributed by atoms with E-state index in [0.29, 0.717) is 11.6 Å². The molecule has 1 heterocycles. The highest BCUT2D eigenvalue weighted by Crippen LogP contribution is 2.35. The van der Waals surface area contributed by atoms with Crippen LogP contribution in [0, 0.1) is 0 Å². The van der Waals surface area contributed by atoms with Gasteiger partial charge >= 0.3 is 0 Å². The van der Waals surface area contributed by atoms with Gasteiger partial charge in [-0.3, -0.25) is 0 Å². The number of sulfonamides is 1. The molecule has 3 rings (SSSR count). The van der Waals surface area contributed by atoms with E-state index in [9.17, 15) is 8.42 Å². The summed E-state index contributed by atoms with van der Waals surface area (Å²) >= 11 is 13.4. The largest absolute Gasteiger partial charge is 0.243 e. The molecule has 2 aromatic rings. The molecule has 21 heavy (non-hydrogen) atoms. The highest BCUT2D eigenvalue weighted by Gasteiger charge is 2.38. The quantitative estimate of drug-likeness (QED) is 0.790. The molecule has 0 bridgehead atoms. The van der Waals surface area contributed by atoms with Gasteiger partial charge in [0.15, 0.2) is 0 Å². The molecule has 0 spiro atoms. The van der Waals surface area contributed by atoms with Gasteiger partial charge in [-0.2, -0.15) is 4.31 Å². The van der Waals surface area contributed by atoms with Crippen molar-refractivity contribution in [2.24, 2.45) is 0 Å². The zero-order chi connectivity index (χ0) is 15.0. The fourth-order valence-corrected chi connectivity index (χ4v) is 4.94. The molecule has 0 atom stereocenters. The second-order valence-corrected chi connectivity index (χ2v) is 8.67. The maximum absolute atomic E-state index is 12.8. The number of hydrogen-bond acceptors (Lipinski definition) is 3. The molecule has 0 aliphatic heterocycles. The Morgan fingerprint density at radius 3 is 2.52 bits per heavy atom. The fourth-order valence-electron chi connectivity index (χ4n) is 2.10. The first kappa shape index (κ1) is 15.3. The molecule has 112 valence electrons. The van der Waals surface area contributed by atoms with Gasteiger partial charge in [-0.05, 0) is 42.5 Å². The van der Waals surface area contributed by atoms with Gasteiger partial charge < -0.3 is 0 Å². The highest BCUT2D eigenvalue weighted by atomic mass is 35.5. The summed E-state index contributed by atoms with van der Waals surface area (Å²) in [5, 5.41) is 2.56. The SMILES string of the molecule is O=S(=O)(c1ccc(Cl)c(Cl)c1)N(Cc1cccs1)C1CC1. The first-order valence-corrected chi connectivity index (χ1v) is 9.55. The van der Waals surface area contributed by atoms with E-state index < -0.39 is 10.0 Å². The van der Waals surface area contributed by atoms with E-state index in [0.717, 1.165) is 17.7 Å². The molecule has 1 aliphatic carbocycles. The summed E-state index contributed by atoms with van der Waals surface area (Å²) in [6.07, 6.45) is 1.82. The van der Waals surface area contributed by atoms with Crippen LogP contribution in [0.5, 0.6) is 0 Å². The zero-order valence-corrected chi connectivity index (χ0v) is 14.1. The summed E-state index contributed by atoms with van der Waals surface area (Å²) in [5.41, 5.74) is 0. The summed E-state index contributed by atoms with van der Waals surface area (Å²) in [5.74, 6) is 0. The lowest BCUT2D eigenvalue weighted by molar-refractivity contribution is 0.401. The van der Waals surface area contributed by atoms with Crippen molar-refractivity contribution in [1.29, 1.82) is 0 Å². The Morgan fingerprint density at radius 2 is 1.95 bits per heavy atom. The predicted molar refractivity (Wildman–Crippen MR) is 86.5 cm³/mol. The molecule has 0 saturated heterocycles. The maximum atomic E-state index is 12.8. The molecule has 1 fully saturated rings. The highest BCUT2D eigenvalue weighted by molar-refractivity contribution is 7.89. The smallest absolute Gasteiger partial charge is 0.207 e. The van der Waals surface area contributed by atoms with Crippen molar-refractivity contribution in [3.05, 3.63) is 50.6 Å². The first-order valence-electron chi connectivity index (χ1n) is 6.48. The summed E-state index contributed by atoms with van der Waals surface area (Å²) in [4.78, 5) is 1.23. The second kappa shape index (κ2) is 5.89. The topological polar surface area (TPSA) is 37.4 Å². The van der Waals surface area contributed by atoms with E-state index in [1.807, 2.05) is 17.5 Å². The second-order valence-electron chi connectivity index (χ2n) is 4.94. The number of thiophene rings is 1. The third-order valence-corrected chi connectivity index (χ3v) is 6.84. The lowest BCUT2D eigenvalue weighted by atomic mass is 10.4. The van der Waals surface area contributed by atoms with Crippen LogP contribution in [0.25, 0.3) is 0 Å². The predicted octanol–water partition coefficient (Wildman–Crippen LogP) is 4.41. The van der Waals surface area contributed by atoms with Crippen LogP contribution in [0.1, 0.15) is 17.7 Å². The average molecular weight is 362 g/mol. The summed E-state index contributed by atoms with van der Waals surface area (Å²) in [6.45, 7) is 0.408. The number of benzene rings is 1. The minimum atomic E-state index is -3.56. The molecule has 1 aromatic heterocycles. The van der Waals surface area contributed by atoms with Crippen LogP contribution in [0.3, 0.4) is 0 Å². The van der Waals surface area contributed by atoms with E-state index >= 15 is 0 Å². The van der Waals surface area contributed by atoms with Gasteiger partial charge in [-0.1, -0.05) is 29.3 Å². The van der Waals surface area contributed by atoms with Crippen molar-refractivity contribution >= 4 is 44.6 Å². The van der Waals surface area contributed by atoms with Crippen LogP contribution in [0.4, 0.5) is 0 Å². The molecule has 0 amide bonds. The summed E-state index contributed by atoms with van der Waals surface area (Å²) < 4.78 is 27.2. The van der Waals surface area contributed by atoms with Crippen molar-refractivity contribution in [3.8, 4) is 0 Å². The fraction of sp³-hybridized carbons (Fsp3) is 0.286. The number of hydrogen-bond donors (Lipinski definition) is 0. The van der Waals surface area contributed by atoms with Gasteiger partial charge in [0, 0.05) is 17.5 Å². The molecule has 7 heteroatoms. The monoisotopic (exact) mass is 361 g/mol. The number of halogens is 2. The van der Waals surface area contributed by atoms with E-state index in [1.165, 1.54) is 18.2 Å². The van der Waals surface area contributed by atoms with Crippen LogP contribution in [-0.4, -0.2) is 18.8 Å². The molecule has 3 nitrogen and oxygen atoms in total. The molecule has 0 N–H and O–H groups in total. The minimum absolute atomic E-state index is 0.0894. The van der Waals surface area contributed by atoms with Gasteiger partial charge in [-0.15, -0.1) is 11.3 Å². The molecule has 1 aromatic carbocycles. The summed E-state index contributed by atoms with van der Waals surface area (Å²) in [7, 11) is -3.56. The van der Waals surface area contributed by atoms with Gasteiger partial charge in [-0.25, -0.2) is 8.42 Å². The molecule has 0 unspecified atom stereocenters. The van der Waals surface area contributed by atoms with Crippen LogP contribution in [-0.2, 0) is 16.6 Å². The number of nitrogens with zero attached hydrogens (tertiary/aromatic N) is 1. The lowest BCUT2D eigenvalue weighted by Crippen LogP contribution is -2.32. The van der Waals surface area contributed by atoms with Gasteiger partial charge in [0.05, 0.1) is 14.9 Å². The maximum Gasteiger partial charge on any atom is 0.243 e. The molecular weight excluding hydrogens is 349 g/mol. The zero-order valence-electron chi connectivity index (χ0n) is 11.0. The molecule has 0 radical (unpaired) electrons. The standard InChI is InChI=1S/C14H13Cl2NO2S2/c15-13-6-5-12(8-14(13)16)21(18,19)17(10-3-4-10)9-11-2-1-7-20-11/h1-2,5-8,10H,3-4,9H2. The van der Waals surface area contributed by atoms with E-state index in [4.69, 9.17) is 23.2 Å². The molecule has 1 saturated carbocycles. The van der Waals surface area contributed by atoms with E-state index in [1.54, 1.807) is 15.6 Å². The van der Waals surface area contributed by atoms with E-state index in [-0.39, 0.29) is 16.0 Å². The molecular formula is C14H13Cl2NO2S2. The van der Waals surface area contributed by atoms with E-state index in [2.05, 4.69) is 0 Å². The lowest BCUT2D eigenvalue weighted by Gasteiger charge is -2.21. The third kappa shape index (κ3) is 3.27. The van der Waals surface area contributed by atoms with Crippen molar-refractivity contribution in [2.75, 3.05) is 0 Å². The van der Waals surface area contributed by atoms with Crippen molar-refractivity contribution in [1.82, 2.24) is 4.31 Å². The van der Waals surface area contributed by atoms with Gasteiger partial charge in [0.1, 0.15) is 0 Å². The first-order chi connectivity index (χ1) is 9.98. The van der Waals surface area contributed by atoms with Gasteiger partial charge in [0.25, 0.3) is 0 Å². The normalized spacial score (nSPS) is 15.6.